The fourth-order valence-corrected chi connectivity index (χ4v) is 3.07. The van der Waals surface area contributed by atoms with E-state index in [1.807, 2.05) is 0 Å². The van der Waals surface area contributed by atoms with Crippen molar-refractivity contribution in [2.45, 2.75) is 12.1 Å². The van der Waals surface area contributed by atoms with Crippen molar-refractivity contribution in [3.05, 3.63) is 17.5 Å². The Morgan fingerprint density at radius 1 is 1.43 bits per heavy atom. The van der Waals surface area contributed by atoms with Crippen LogP contribution < -0.4 is 5.73 Å². The molecule has 2 unspecified atom stereocenters. The van der Waals surface area contributed by atoms with Crippen LogP contribution in [0.2, 0.25) is 0 Å². The maximum Gasteiger partial charge on any atom is 0.418 e. The summed E-state index contributed by atoms with van der Waals surface area (Å²) < 4.78 is 35.3. The van der Waals surface area contributed by atoms with E-state index in [1.54, 1.807) is 0 Å². The van der Waals surface area contributed by atoms with Crippen molar-refractivity contribution in [2.75, 3.05) is 6.54 Å². The number of nitrogens with two attached hydrogens (primary N) is 1. The predicted molar refractivity (Wildman–Crippen MR) is 66.9 cm³/mol. The van der Waals surface area contributed by atoms with Crippen LogP contribution in [0.5, 0.6) is 0 Å². The van der Waals surface area contributed by atoms with Crippen LogP contribution >= 0.6 is 0 Å². The van der Waals surface area contributed by atoms with Crippen LogP contribution in [0.3, 0.4) is 0 Å². The van der Waals surface area contributed by atoms with Gasteiger partial charge in [-0.05, 0) is 0 Å². The molecule has 4 N–H and O–H groups in total. The van der Waals surface area contributed by atoms with Crippen LogP contribution in [-0.2, 0) is 19.5 Å². The highest BCUT2D eigenvalue weighted by Crippen LogP contribution is 2.44. The van der Waals surface area contributed by atoms with Crippen molar-refractivity contribution in [1.29, 1.82) is 0 Å². The number of hydroxylamine groups is 2. The van der Waals surface area contributed by atoms with Crippen LogP contribution in [0.15, 0.2) is 6.20 Å². The Hall–Kier alpha value is -2.71. The van der Waals surface area contributed by atoms with Gasteiger partial charge in [-0.25, -0.2) is 14.4 Å². The van der Waals surface area contributed by atoms with Crippen molar-refractivity contribution in [1.82, 2.24) is 19.7 Å². The van der Waals surface area contributed by atoms with Gasteiger partial charge in [-0.2, -0.15) is 23.3 Å². The van der Waals surface area contributed by atoms with Gasteiger partial charge in [0.15, 0.2) is 6.04 Å². The Labute approximate surface area is 127 Å². The monoisotopic (exact) mass is 347 g/mol. The standard InChI is InChI=1S/C9H9N5O8S/c10-8(17)13-5-3(1-11-13)4-2-12(6(5)7(15)16)9(18)14(4)22-23(19,20)21/h1,4,6H,2H2,(H2,10,17)(H,15,16)(H,19,20,21). The smallest absolute Gasteiger partial charge is 0.418 e. The second kappa shape index (κ2) is 4.64. The molecule has 1 aromatic rings. The highest BCUT2D eigenvalue weighted by Gasteiger charge is 2.54. The number of hydrogen-bond acceptors (Lipinski definition) is 7. The molecule has 0 aromatic carbocycles. The molecule has 0 radical (unpaired) electrons. The summed E-state index contributed by atoms with van der Waals surface area (Å²) in [6.07, 6.45) is 1.08. The second-order valence-corrected chi connectivity index (χ2v) is 5.76. The number of carboxylic acids is 1. The second-order valence-electron chi connectivity index (χ2n) is 4.75. The van der Waals surface area contributed by atoms with Crippen molar-refractivity contribution < 1.29 is 36.7 Å². The van der Waals surface area contributed by atoms with Gasteiger partial charge in [0, 0.05) is 5.56 Å². The van der Waals surface area contributed by atoms with E-state index in [2.05, 4.69) is 9.38 Å². The fourth-order valence-electron chi connectivity index (χ4n) is 2.70. The highest BCUT2D eigenvalue weighted by atomic mass is 32.3. The molecule has 0 spiro atoms. The normalized spacial score (nSPS) is 23.1. The molecule has 2 aliphatic heterocycles. The lowest BCUT2D eigenvalue weighted by atomic mass is 9.98. The van der Waals surface area contributed by atoms with Crippen LogP contribution in [0, 0.1) is 0 Å². The molecule has 3 heterocycles. The number of carboxylic acid groups (broad SMARTS) is 1. The molecule has 14 heteroatoms. The van der Waals surface area contributed by atoms with Crippen molar-refractivity contribution in [3.8, 4) is 0 Å². The minimum Gasteiger partial charge on any atom is -0.479 e. The lowest BCUT2D eigenvalue weighted by Crippen LogP contribution is -2.41. The van der Waals surface area contributed by atoms with E-state index < -0.39 is 40.5 Å². The molecule has 2 bridgehead atoms. The summed E-state index contributed by atoms with van der Waals surface area (Å²) in [7, 11) is -5.02. The van der Waals surface area contributed by atoms with Gasteiger partial charge in [0.25, 0.3) is 0 Å². The number of fused-ring (bicyclic) bond motifs is 4. The lowest BCUT2D eigenvalue weighted by molar-refractivity contribution is -0.142. The molecule has 2 atom stereocenters. The molecular formula is C9H9N5O8S. The van der Waals surface area contributed by atoms with Crippen molar-refractivity contribution in [2.24, 2.45) is 5.73 Å². The maximum absolute atomic E-state index is 12.2. The number of hydrogen-bond donors (Lipinski definition) is 3. The minimum atomic E-state index is -5.02. The number of amides is 3. The summed E-state index contributed by atoms with van der Waals surface area (Å²) in [4.78, 5) is 35.8. The maximum atomic E-state index is 12.2. The van der Waals surface area contributed by atoms with E-state index in [0.717, 1.165) is 11.1 Å². The van der Waals surface area contributed by atoms with E-state index >= 15 is 0 Å². The van der Waals surface area contributed by atoms with E-state index in [0.29, 0.717) is 9.75 Å². The number of nitrogens with zero attached hydrogens (tertiary/aromatic N) is 4. The summed E-state index contributed by atoms with van der Waals surface area (Å²) in [5, 5.41) is 13.3. The number of carbonyl (C=O) groups excluding carboxylic acids is 2. The number of rotatable bonds is 3. The Morgan fingerprint density at radius 2 is 2.09 bits per heavy atom. The third-order valence-corrected chi connectivity index (χ3v) is 3.82. The van der Waals surface area contributed by atoms with E-state index in [1.165, 1.54) is 0 Å². The molecule has 3 amide bonds. The van der Waals surface area contributed by atoms with E-state index in [-0.39, 0.29) is 17.8 Å². The largest absolute Gasteiger partial charge is 0.479 e. The molecule has 1 aromatic heterocycles. The lowest BCUT2D eigenvalue weighted by Gasteiger charge is -2.27. The van der Waals surface area contributed by atoms with Crippen molar-refractivity contribution in [3.63, 3.8) is 0 Å². The molecule has 3 rings (SSSR count). The molecule has 1 fully saturated rings. The van der Waals surface area contributed by atoms with Gasteiger partial charge in [0.05, 0.1) is 18.4 Å². The summed E-state index contributed by atoms with van der Waals surface area (Å²) in [6.45, 7) is -0.233. The first-order chi connectivity index (χ1) is 10.6. The Bertz CT molecular complexity index is 831. The fraction of sp³-hybridized carbons (Fsp3) is 0.333. The minimum absolute atomic E-state index is 0.0713. The van der Waals surface area contributed by atoms with Crippen LogP contribution in [0.1, 0.15) is 23.3 Å². The molecule has 124 valence electrons. The first-order valence-corrected chi connectivity index (χ1v) is 7.35. The first kappa shape index (κ1) is 15.2. The van der Waals surface area contributed by atoms with Crippen LogP contribution in [0.4, 0.5) is 9.59 Å². The SMILES string of the molecule is NC(=O)n1ncc2c1C(C(=O)O)N1CC2N(OS(=O)(=O)O)C1=O. The molecular weight excluding hydrogens is 338 g/mol. The summed E-state index contributed by atoms with van der Waals surface area (Å²) in [5.41, 5.74) is 5.00. The average Bonchev–Trinajstić information content (AvgIpc) is 2.94. The summed E-state index contributed by atoms with van der Waals surface area (Å²) in [5.74, 6) is -1.48. The van der Waals surface area contributed by atoms with Gasteiger partial charge >= 0.3 is 28.4 Å². The highest BCUT2D eigenvalue weighted by molar-refractivity contribution is 7.80. The summed E-state index contributed by atoms with van der Waals surface area (Å²) in [6, 6.07) is -4.87. The zero-order chi connectivity index (χ0) is 17.1. The van der Waals surface area contributed by atoms with E-state index in [4.69, 9.17) is 10.3 Å². The van der Waals surface area contributed by atoms with Gasteiger partial charge in [0.2, 0.25) is 0 Å². The molecule has 13 nitrogen and oxygen atoms in total. The van der Waals surface area contributed by atoms with Crippen molar-refractivity contribution >= 4 is 28.4 Å². The average molecular weight is 347 g/mol. The molecule has 0 aliphatic carbocycles. The Kier molecular flexibility index (Phi) is 3.07. The Morgan fingerprint density at radius 3 is 2.61 bits per heavy atom. The first-order valence-electron chi connectivity index (χ1n) is 5.99. The molecule has 23 heavy (non-hydrogen) atoms. The topological polar surface area (TPSA) is 185 Å². The zero-order valence-corrected chi connectivity index (χ0v) is 11.9. The van der Waals surface area contributed by atoms with Gasteiger partial charge in [-0.15, -0.1) is 4.28 Å². The quantitative estimate of drug-likeness (QED) is 0.545. The molecule has 1 saturated heterocycles. The number of aromatic nitrogens is 2. The zero-order valence-electron chi connectivity index (χ0n) is 11.1. The number of aliphatic carboxylic acids is 1. The van der Waals surface area contributed by atoms with Gasteiger partial charge in [-0.1, -0.05) is 0 Å². The Balaban J connectivity index is 2.16. The summed E-state index contributed by atoms with van der Waals surface area (Å²) >= 11 is 0. The third-order valence-electron chi connectivity index (χ3n) is 3.47. The number of carbonyl (C=O) groups is 3. The predicted octanol–water partition coefficient (Wildman–Crippen LogP) is -1.54. The van der Waals surface area contributed by atoms with Gasteiger partial charge in [-0.3, -0.25) is 4.55 Å². The van der Waals surface area contributed by atoms with Crippen LogP contribution in [-0.4, -0.2) is 62.4 Å². The van der Waals surface area contributed by atoms with Gasteiger partial charge < -0.3 is 15.7 Å². The number of urea groups is 1. The van der Waals surface area contributed by atoms with Crippen LogP contribution in [0.25, 0.3) is 0 Å². The molecule has 0 saturated carbocycles. The number of primary amides is 1. The van der Waals surface area contributed by atoms with Gasteiger partial charge in [0.1, 0.15) is 6.04 Å². The van der Waals surface area contributed by atoms with E-state index in [9.17, 15) is 27.9 Å². The third kappa shape index (κ3) is 2.19. The molecule has 2 aliphatic rings.